The van der Waals surface area contributed by atoms with Gasteiger partial charge in [0.15, 0.2) is 11.8 Å². The van der Waals surface area contributed by atoms with Crippen LogP contribution in [0.1, 0.15) is 24.0 Å². The molecule has 0 bridgehead atoms. The van der Waals surface area contributed by atoms with Gasteiger partial charge in [0.1, 0.15) is 6.33 Å². The first-order chi connectivity index (χ1) is 13.7. The molecule has 3 N–H and O–H groups in total. The molecule has 0 spiro atoms. The molecule has 0 aliphatic heterocycles. The Bertz CT molecular complexity index is 963. The zero-order chi connectivity index (χ0) is 19.4. The summed E-state index contributed by atoms with van der Waals surface area (Å²) in [4.78, 5) is 8.59. The number of benzene rings is 2. The van der Waals surface area contributed by atoms with Crippen molar-refractivity contribution in [1.82, 2.24) is 25.8 Å². The molecule has 0 atom stereocenters. The van der Waals surface area contributed by atoms with Crippen LogP contribution in [0.15, 0.2) is 64.3 Å². The fraction of sp³-hybridized carbons (Fsp3) is 0.286. The van der Waals surface area contributed by atoms with Gasteiger partial charge in [-0.1, -0.05) is 52.3 Å². The van der Waals surface area contributed by atoms with Crippen molar-refractivity contribution in [2.45, 2.75) is 24.8 Å². The first-order valence-electron chi connectivity index (χ1n) is 9.34. The van der Waals surface area contributed by atoms with Gasteiger partial charge in [0.2, 0.25) is 0 Å². The minimum Gasteiger partial charge on any atom is -0.356 e. The lowest BCUT2D eigenvalue weighted by Gasteiger charge is -2.20. The lowest BCUT2D eigenvalue weighted by atomic mass is 9.96. The number of hydrogen-bond acceptors (Lipinski definition) is 3. The Balaban J connectivity index is 1.36. The predicted molar refractivity (Wildman–Crippen MR) is 115 cm³/mol. The van der Waals surface area contributed by atoms with Gasteiger partial charge in [-0.15, -0.1) is 0 Å². The van der Waals surface area contributed by atoms with E-state index in [4.69, 9.17) is 0 Å². The Morgan fingerprint density at radius 3 is 2.75 bits per heavy atom. The van der Waals surface area contributed by atoms with Crippen LogP contribution in [0.3, 0.4) is 0 Å². The van der Waals surface area contributed by atoms with Crippen LogP contribution in [-0.4, -0.2) is 34.7 Å². The summed E-state index contributed by atoms with van der Waals surface area (Å²) in [5, 5.41) is 13.7. The lowest BCUT2D eigenvalue weighted by molar-refractivity contribution is 0.643. The van der Waals surface area contributed by atoms with Crippen molar-refractivity contribution in [2.24, 2.45) is 4.99 Å². The molecule has 1 saturated carbocycles. The molecule has 1 fully saturated rings. The Hall–Kier alpha value is -2.67. The van der Waals surface area contributed by atoms with E-state index >= 15 is 0 Å². The van der Waals surface area contributed by atoms with E-state index in [9.17, 15) is 0 Å². The van der Waals surface area contributed by atoms with Crippen LogP contribution in [0, 0.1) is 0 Å². The smallest absolute Gasteiger partial charge is 0.191 e. The van der Waals surface area contributed by atoms with Crippen molar-refractivity contribution < 1.29 is 0 Å². The molecule has 0 radical (unpaired) electrons. The highest BCUT2D eigenvalue weighted by atomic mass is 79.9. The lowest BCUT2D eigenvalue weighted by Crippen LogP contribution is -2.41. The third kappa shape index (κ3) is 4.09. The summed E-state index contributed by atoms with van der Waals surface area (Å²) in [6, 6.07) is 16.7. The second-order valence-corrected chi connectivity index (χ2v) is 7.93. The van der Waals surface area contributed by atoms with Crippen LogP contribution in [0.4, 0.5) is 0 Å². The van der Waals surface area contributed by atoms with Gasteiger partial charge in [-0.2, -0.15) is 5.10 Å². The summed E-state index contributed by atoms with van der Waals surface area (Å²) in [7, 11) is 1.80. The number of nitrogens with zero attached hydrogens (tertiary/aromatic N) is 3. The maximum absolute atomic E-state index is 4.38. The second kappa shape index (κ2) is 8.14. The van der Waals surface area contributed by atoms with Crippen molar-refractivity contribution in [3.8, 4) is 11.4 Å². The first kappa shape index (κ1) is 18.7. The van der Waals surface area contributed by atoms with Crippen molar-refractivity contribution >= 4 is 21.9 Å². The van der Waals surface area contributed by atoms with Gasteiger partial charge in [0, 0.05) is 35.6 Å². The van der Waals surface area contributed by atoms with E-state index in [2.05, 4.69) is 83.1 Å². The van der Waals surface area contributed by atoms with E-state index in [1.54, 1.807) is 7.05 Å². The van der Waals surface area contributed by atoms with E-state index < -0.39 is 0 Å². The highest BCUT2D eigenvalue weighted by molar-refractivity contribution is 9.10. The van der Waals surface area contributed by atoms with Gasteiger partial charge in [0.05, 0.1) is 0 Å². The van der Waals surface area contributed by atoms with Gasteiger partial charge in [-0.25, -0.2) is 4.98 Å². The van der Waals surface area contributed by atoms with E-state index in [1.165, 1.54) is 29.2 Å². The third-order valence-electron chi connectivity index (χ3n) is 5.19. The van der Waals surface area contributed by atoms with Gasteiger partial charge in [-0.3, -0.25) is 10.1 Å². The SMILES string of the molecule is CN=C(NCc1cccc(-c2ncn[nH]2)c1)NCC1(c2ccccc2Br)CC1. The van der Waals surface area contributed by atoms with E-state index in [1.807, 2.05) is 12.1 Å². The van der Waals surface area contributed by atoms with Crippen molar-refractivity contribution in [3.05, 3.63) is 70.5 Å². The molecule has 144 valence electrons. The maximum atomic E-state index is 4.38. The Morgan fingerprint density at radius 1 is 1.18 bits per heavy atom. The van der Waals surface area contributed by atoms with Crippen LogP contribution < -0.4 is 10.6 Å². The van der Waals surface area contributed by atoms with Crippen molar-refractivity contribution in [1.29, 1.82) is 0 Å². The van der Waals surface area contributed by atoms with Gasteiger partial charge >= 0.3 is 0 Å². The molecule has 1 aliphatic rings. The number of halogens is 1. The number of nitrogens with one attached hydrogen (secondary N) is 3. The summed E-state index contributed by atoms with van der Waals surface area (Å²) in [5.41, 5.74) is 3.75. The summed E-state index contributed by atoms with van der Waals surface area (Å²) in [6.07, 6.45) is 3.91. The highest BCUT2D eigenvalue weighted by Crippen LogP contribution is 2.49. The van der Waals surface area contributed by atoms with E-state index in [0.717, 1.165) is 29.5 Å². The molecular weight excluding hydrogens is 416 g/mol. The van der Waals surface area contributed by atoms with Crippen molar-refractivity contribution in [2.75, 3.05) is 13.6 Å². The van der Waals surface area contributed by atoms with Crippen LogP contribution in [0.25, 0.3) is 11.4 Å². The monoisotopic (exact) mass is 438 g/mol. The second-order valence-electron chi connectivity index (χ2n) is 7.07. The highest BCUT2D eigenvalue weighted by Gasteiger charge is 2.45. The minimum atomic E-state index is 0.198. The van der Waals surface area contributed by atoms with Crippen LogP contribution in [0.2, 0.25) is 0 Å². The van der Waals surface area contributed by atoms with Gasteiger partial charge in [0.25, 0.3) is 0 Å². The molecule has 0 amide bonds. The number of H-pyrrole nitrogens is 1. The number of guanidine groups is 1. The van der Waals surface area contributed by atoms with Gasteiger partial charge < -0.3 is 10.6 Å². The Morgan fingerprint density at radius 2 is 2.04 bits per heavy atom. The molecule has 2 aromatic carbocycles. The Kier molecular flexibility index (Phi) is 5.43. The number of hydrogen-bond donors (Lipinski definition) is 3. The fourth-order valence-corrected chi connectivity index (χ4v) is 4.12. The topological polar surface area (TPSA) is 78.0 Å². The van der Waals surface area contributed by atoms with Crippen LogP contribution >= 0.6 is 15.9 Å². The zero-order valence-corrected chi connectivity index (χ0v) is 17.3. The fourth-order valence-electron chi connectivity index (χ4n) is 3.42. The molecule has 0 saturated heterocycles. The molecule has 0 unspecified atom stereocenters. The van der Waals surface area contributed by atoms with Crippen molar-refractivity contribution in [3.63, 3.8) is 0 Å². The summed E-state index contributed by atoms with van der Waals surface area (Å²) in [6.45, 7) is 1.55. The summed E-state index contributed by atoms with van der Waals surface area (Å²) < 4.78 is 1.18. The average molecular weight is 439 g/mol. The van der Waals surface area contributed by atoms with Gasteiger partial charge in [-0.05, 0) is 36.1 Å². The summed E-state index contributed by atoms with van der Waals surface area (Å²) in [5.74, 6) is 1.58. The molecule has 3 aromatic rings. The van der Waals surface area contributed by atoms with E-state index in [0.29, 0.717) is 6.54 Å². The molecule has 28 heavy (non-hydrogen) atoms. The molecule has 1 aliphatic carbocycles. The average Bonchev–Trinajstić information content (AvgIpc) is 3.30. The largest absolute Gasteiger partial charge is 0.356 e. The molecule has 1 aromatic heterocycles. The quantitative estimate of drug-likeness (QED) is 0.405. The molecule has 4 rings (SSSR count). The molecule has 1 heterocycles. The molecule has 7 heteroatoms. The Labute approximate surface area is 173 Å². The molecule has 6 nitrogen and oxygen atoms in total. The maximum Gasteiger partial charge on any atom is 0.191 e. The number of rotatable bonds is 6. The number of aromatic amines is 1. The minimum absolute atomic E-state index is 0.198. The summed E-state index contributed by atoms with van der Waals surface area (Å²) >= 11 is 3.69. The third-order valence-corrected chi connectivity index (χ3v) is 5.88. The van der Waals surface area contributed by atoms with E-state index in [-0.39, 0.29) is 5.41 Å². The zero-order valence-electron chi connectivity index (χ0n) is 15.7. The normalized spacial score (nSPS) is 15.3. The molecular formula is C21H23BrN6. The van der Waals surface area contributed by atoms with Crippen LogP contribution in [-0.2, 0) is 12.0 Å². The number of aliphatic imine (C=N–C) groups is 1. The number of aromatic nitrogens is 3. The first-order valence-corrected chi connectivity index (χ1v) is 10.1. The predicted octanol–water partition coefficient (Wildman–Crippen LogP) is 3.63. The standard InChI is InChI=1S/C21H23BrN6/c1-23-20(25-13-21(9-10-21)17-7-2-3-8-18(17)22)24-12-15-5-4-6-16(11-15)19-26-14-27-28-19/h2-8,11,14H,9-10,12-13H2,1H3,(H2,23,24,25)(H,26,27,28). The van der Waals surface area contributed by atoms with Crippen LogP contribution in [0.5, 0.6) is 0 Å².